The molecule has 0 spiro atoms. The van der Waals surface area contributed by atoms with Crippen molar-refractivity contribution in [1.29, 1.82) is 0 Å². The van der Waals surface area contributed by atoms with Crippen molar-refractivity contribution in [2.45, 2.75) is 0 Å². The van der Waals surface area contributed by atoms with E-state index >= 15 is 0 Å². The Morgan fingerprint density at radius 3 is 2.68 bits per heavy atom. The molecule has 0 fully saturated rings. The van der Waals surface area contributed by atoms with E-state index in [1.165, 1.54) is 12.1 Å². The van der Waals surface area contributed by atoms with E-state index in [-0.39, 0.29) is 17.5 Å². The summed E-state index contributed by atoms with van der Waals surface area (Å²) in [6, 6.07) is 13.6. The van der Waals surface area contributed by atoms with Gasteiger partial charge in [-0.25, -0.2) is 4.39 Å². The van der Waals surface area contributed by atoms with Gasteiger partial charge < -0.3 is 15.4 Å². The molecule has 6 heteroatoms. The van der Waals surface area contributed by atoms with Gasteiger partial charge in [-0.2, -0.15) is 0 Å². The molecule has 0 aliphatic rings. The van der Waals surface area contributed by atoms with Gasteiger partial charge in [0.15, 0.2) is 0 Å². The first-order valence-electron chi connectivity index (χ1n) is 6.78. The number of hydrogen-bond donors (Lipinski definition) is 2. The highest BCUT2D eigenvalue weighted by atomic mass is 35.5. The SMILES string of the molecule is O=C(CNc1ccc(Cl)c(F)c1)NCCOc1ccccc1. The van der Waals surface area contributed by atoms with Crippen LogP contribution < -0.4 is 15.4 Å². The van der Waals surface area contributed by atoms with Gasteiger partial charge in [0.1, 0.15) is 18.2 Å². The van der Waals surface area contributed by atoms with Crippen LogP contribution in [-0.4, -0.2) is 25.6 Å². The minimum atomic E-state index is -0.525. The summed E-state index contributed by atoms with van der Waals surface area (Å²) in [5.41, 5.74) is 0.498. The maximum Gasteiger partial charge on any atom is 0.239 e. The lowest BCUT2D eigenvalue weighted by atomic mass is 10.3. The highest BCUT2D eigenvalue weighted by molar-refractivity contribution is 6.30. The molecule has 2 aromatic rings. The molecule has 0 saturated carbocycles. The Kier molecular flexibility index (Phi) is 6.03. The van der Waals surface area contributed by atoms with Crippen molar-refractivity contribution in [3.63, 3.8) is 0 Å². The smallest absolute Gasteiger partial charge is 0.239 e. The average Bonchev–Trinajstić information content (AvgIpc) is 2.54. The van der Waals surface area contributed by atoms with Gasteiger partial charge in [-0.15, -0.1) is 0 Å². The van der Waals surface area contributed by atoms with Crippen molar-refractivity contribution in [3.8, 4) is 5.75 Å². The van der Waals surface area contributed by atoms with Gasteiger partial charge in [-0.3, -0.25) is 4.79 Å². The molecule has 0 bridgehead atoms. The predicted molar refractivity (Wildman–Crippen MR) is 84.8 cm³/mol. The number of ether oxygens (including phenoxy) is 1. The van der Waals surface area contributed by atoms with Crippen LogP contribution in [0.2, 0.25) is 5.02 Å². The van der Waals surface area contributed by atoms with Crippen molar-refractivity contribution in [3.05, 3.63) is 59.4 Å². The van der Waals surface area contributed by atoms with E-state index in [0.29, 0.717) is 18.8 Å². The number of benzene rings is 2. The van der Waals surface area contributed by atoms with Crippen LogP contribution in [-0.2, 0) is 4.79 Å². The zero-order valence-electron chi connectivity index (χ0n) is 11.8. The summed E-state index contributed by atoms with van der Waals surface area (Å²) in [6.07, 6.45) is 0. The number of anilines is 1. The molecule has 0 heterocycles. The largest absolute Gasteiger partial charge is 0.492 e. The maximum absolute atomic E-state index is 13.2. The molecule has 2 rings (SSSR count). The summed E-state index contributed by atoms with van der Waals surface area (Å²) in [7, 11) is 0. The van der Waals surface area contributed by atoms with Crippen LogP contribution in [0.4, 0.5) is 10.1 Å². The standard InChI is InChI=1S/C16H16ClFN2O2/c17-14-7-6-12(10-15(14)18)20-11-16(21)19-8-9-22-13-4-2-1-3-5-13/h1-7,10,20H,8-9,11H2,(H,19,21). The monoisotopic (exact) mass is 322 g/mol. The van der Waals surface area contributed by atoms with E-state index in [9.17, 15) is 9.18 Å². The summed E-state index contributed by atoms with van der Waals surface area (Å²) >= 11 is 5.58. The number of carbonyl (C=O) groups excluding carboxylic acids is 1. The highest BCUT2D eigenvalue weighted by Crippen LogP contribution is 2.18. The maximum atomic E-state index is 13.2. The number of para-hydroxylation sites is 1. The van der Waals surface area contributed by atoms with Crippen molar-refractivity contribution >= 4 is 23.2 Å². The molecule has 2 aromatic carbocycles. The molecule has 0 radical (unpaired) electrons. The summed E-state index contributed by atoms with van der Waals surface area (Å²) < 4.78 is 18.7. The molecule has 0 aromatic heterocycles. The van der Waals surface area contributed by atoms with Gasteiger partial charge in [0.2, 0.25) is 5.91 Å². The van der Waals surface area contributed by atoms with Gasteiger partial charge in [0.25, 0.3) is 0 Å². The molecule has 0 aliphatic carbocycles. The minimum Gasteiger partial charge on any atom is -0.492 e. The first-order valence-corrected chi connectivity index (χ1v) is 7.16. The predicted octanol–water partition coefficient (Wildman–Crippen LogP) is 3.09. The van der Waals surface area contributed by atoms with E-state index in [4.69, 9.17) is 16.3 Å². The summed E-state index contributed by atoms with van der Waals surface area (Å²) in [6.45, 7) is 0.822. The lowest BCUT2D eigenvalue weighted by Crippen LogP contribution is -2.33. The van der Waals surface area contributed by atoms with Gasteiger partial charge >= 0.3 is 0 Å². The second-order valence-corrected chi connectivity index (χ2v) is 4.90. The fourth-order valence-electron chi connectivity index (χ4n) is 1.73. The number of halogens is 2. The average molecular weight is 323 g/mol. The lowest BCUT2D eigenvalue weighted by molar-refractivity contribution is -0.119. The molecule has 22 heavy (non-hydrogen) atoms. The minimum absolute atomic E-state index is 0.0480. The van der Waals surface area contributed by atoms with Crippen LogP contribution in [0.1, 0.15) is 0 Å². The summed E-state index contributed by atoms with van der Waals surface area (Å²) in [5, 5.41) is 5.57. The van der Waals surface area contributed by atoms with Crippen molar-refractivity contribution in [2.75, 3.05) is 25.0 Å². The number of carbonyl (C=O) groups is 1. The summed E-state index contributed by atoms with van der Waals surface area (Å²) in [5.74, 6) is 0.0295. The first kappa shape index (κ1) is 16.1. The number of nitrogens with one attached hydrogen (secondary N) is 2. The van der Waals surface area contributed by atoms with Crippen LogP contribution in [0.15, 0.2) is 48.5 Å². The van der Waals surface area contributed by atoms with Gasteiger partial charge in [0.05, 0.1) is 18.1 Å². The van der Waals surface area contributed by atoms with Crippen LogP contribution in [0.3, 0.4) is 0 Å². The van der Waals surface area contributed by atoms with Crippen LogP contribution in [0.25, 0.3) is 0 Å². The molecular weight excluding hydrogens is 307 g/mol. The fourth-order valence-corrected chi connectivity index (χ4v) is 1.84. The second-order valence-electron chi connectivity index (χ2n) is 4.49. The van der Waals surface area contributed by atoms with Crippen molar-refractivity contribution in [1.82, 2.24) is 5.32 Å². The molecular formula is C16H16ClFN2O2. The van der Waals surface area contributed by atoms with E-state index in [1.807, 2.05) is 30.3 Å². The Morgan fingerprint density at radius 1 is 1.18 bits per heavy atom. The molecule has 1 amide bonds. The molecule has 0 atom stereocenters. The summed E-state index contributed by atoms with van der Waals surface area (Å²) in [4.78, 5) is 11.6. The van der Waals surface area contributed by atoms with E-state index in [0.717, 1.165) is 5.75 Å². The Bertz CT molecular complexity index is 623. The van der Waals surface area contributed by atoms with Crippen LogP contribution in [0, 0.1) is 5.82 Å². The van der Waals surface area contributed by atoms with Crippen molar-refractivity contribution < 1.29 is 13.9 Å². The Morgan fingerprint density at radius 2 is 1.95 bits per heavy atom. The topological polar surface area (TPSA) is 50.4 Å². The fraction of sp³-hybridized carbons (Fsp3) is 0.188. The Balaban J connectivity index is 1.64. The molecule has 4 nitrogen and oxygen atoms in total. The third-order valence-electron chi connectivity index (χ3n) is 2.81. The molecule has 2 N–H and O–H groups in total. The van der Waals surface area contributed by atoms with Gasteiger partial charge in [-0.05, 0) is 30.3 Å². The van der Waals surface area contributed by atoms with E-state index in [2.05, 4.69) is 10.6 Å². The molecule has 116 valence electrons. The van der Waals surface area contributed by atoms with Crippen LogP contribution in [0.5, 0.6) is 5.75 Å². The highest BCUT2D eigenvalue weighted by Gasteiger charge is 2.03. The zero-order valence-corrected chi connectivity index (χ0v) is 12.6. The number of amides is 1. The second kappa shape index (κ2) is 8.24. The third kappa shape index (κ3) is 5.26. The molecule has 0 aliphatic heterocycles. The molecule has 0 unspecified atom stereocenters. The first-order chi connectivity index (χ1) is 10.6. The quantitative estimate of drug-likeness (QED) is 0.770. The van der Waals surface area contributed by atoms with Gasteiger partial charge in [-0.1, -0.05) is 29.8 Å². The zero-order chi connectivity index (χ0) is 15.8. The van der Waals surface area contributed by atoms with Crippen molar-refractivity contribution in [2.24, 2.45) is 0 Å². The third-order valence-corrected chi connectivity index (χ3v) is 3.12. The van der Waals surface area contributed by atoms with E-state index < -0.39 is 5.82 Å². The number of hydrogen-bond acceptors (Lipinski definition) is 3. The Hall–Kier alpha value is -2.27. The Labute approximate surface area is 133 Å². The normalized spacial score (nSPS) is 10.1. The molecule has 0 saturated heterocycles. The van der Waals surface area contributed by atoms with E-state index in [1.54, 1.807) is 6.07 Å². The van der Waals surface area contributed by atoms with Gasteiger partial charge in [0, 0.05) is 5.69 Å². The lowest BCUT2D eigenvalue weighted by Gasteiger charge is -2.09. The van der Waals surface area contributed by atoms with Crippen LogP contribution >= 0.6 is 11.6 Å². The number of rotatable bonds is 7.